The Bertz CT molecular complexity index is 328. The fraction of sp³-hybridized carbons (Fsp3) is 0.583. The number of hydrogen-bond acceptors (Lipinski definition) is 3. The lowest BCUT2D eigenvalue weighted by molar-refractivity contribution is 0.104. The van der Waals surface area contributed by atoms with E-state index in [0.717, 1.165) is 32.2 Å². The molecule has 1 fully saturated rings. The summed E-state index contributed by atoms with van der Waals surface area (Å²) in [7, 11) is 0. The Kier molecular flexibility index (Phi) is 3.72. The van der Waals surface area contributed by atoms with Crippen LogP contribution in [0.5, 0.6) is 0 Å². The molecule has 0 saturated heterocycles. The van der Waals surface area contributed by atoms with Gasteiger partial charge in [0.05, 0.1) is 12.3 Å². The van der Waals surface area contributed by atoms with Gasteiger partial charge < -0.3 is 10.4 Å². The van der Waals surface area contributed by atoms with Crippen LogP contribution in [0.1, 0.15) is 25.7 Å². The molecule has 4 heteroatoms. The number of anilines is 1. The van der Waals surface area contributed by atoms with Crippen LogP contribution in [-0.4, -0.2) is 22.7 Å². The van der Waals surface area contributed by atoms with Gasteiger partial charge in [-0.25, -0.2) is 9.37 Å². The van der Waals surface area contributed by atoms with Crippen LogP contribution in [0.25, 0.3) is 0 Å². The van der Waals surface area contributed by atoms with Crippen molar-refractivity contribution in [2.75, 3.05) is 11.9 Å². The molecule has 0 aromatic carbocycles. The number of nitrogens with zero attached hydrogens (tertiary/aromatic N) is 1. The van der Waals surface area contributed by atoms with Gasteiger partial charge in [0.1, 0.15) is 11.6 Å². The van der Waals surface area contributed by atoms with Gasteiger partial charge in [0.15, 0.2) is 0 Å². The highest BCUT2D eigenvalue weighted by atomic mass is 19.1. The number of rotatable bonds is 3. The topological polar surface area (TPSA) is 45.1 Å². The van der Waals surface area contributed by atoms with Gasteiger partial charge in [-0.3, -0.25) is 0 Å². The molecular formula is C12H17FN2O. The number of halogens is 1. The third-order valence-corrected chi connectivity index (χ3v) is 3.05. The normalized spacial score (nSPS) is 25.4. The van der Waals surface area contributed by atoms with Gasteiger partial charge in [-0.15, -0.1) is 0 Å². The zero-order valence-electron chi connectivity index (χ0n) is 9.19. The molecule has 0 aliphatic heterocycles. The molecule has 0 amide bonds. The maximum atomic E-state index is 12.6. The first kappa shape index (κ1) is 11.3. The Hall–Kier alpha value is -1.16. The summed E-state index contributed by atoms with van der Waals surface area (Å²) >= 11 is 0. The molecule has 0 bridgehead atoms. The summed E-state index contributed by atoms with van der Waals surface area (Å²) in [6, 6.07) is 3.03. The molecule has 1 saturated carbocycles. The van der Waals surface area contributed by atoms with Crippen LogP contribution in [0, 0.1) is 11.7 Å². The van der Waals surface area contributed by atoms with Crippen LogP contribution in [0.4, 0.5) is 10.2 Å². The minimum absolute atomic E-state index is 0.151. The summed E-state index contributed by atoms with van der Waals surface area (Å²) in [5.41, 5.74) is 0. The third-order valence-electron chi connectivity index (χ3n) is 3.05. The number of aromatic nitrogens is 1. The molecule has 1 aromatic heterocycles. The average molecular weight is 224 g/mol. The van der Waals surface area contributed by atoms with Gasteiger partial charge >= 0.3 is 0 Å². The lowest BCUT2D eigenvalue weighted by atomic mass is 9.87. The van der Waals surface area contributed by atoms with Crippen molar-refractivity contribution in [2.24, 2.45) is 5.92 Å². The van der Waals surface area contributed by atoms with E-state index < -0.39 is 0 Å². The van der Waals surface area contributed by atoms with Crippen molar-refractivity contribution in [3.63, 3.8) is 0 Å². The van der Waals surface area contributed by atoms with Crippen LogP contribution in [0.15, 0.2) is 18.3 Å². The predicted octanol–water partition coefficient (Wildman–Crippen LogP) is 2.18. The second-order valence-corrected chi connectivity index (χ2v) is 4.43. The first-order valence-electron chi connectivity index (χ1n) is 5.77. The van der Waals surface area contributed by atoms with E-state index in [4.69, 9.17) is 0 Å². The lowest BCUT2D eigenvalue weighted by Crippen LogP contribution is -2.25. The van der Waals surface area contributed by atoms with E-state index in [1.807, 2.05) is 0 Å². The standard InChI is InChI=1S/C12H17FN2O/c13-10-4-5-12(15-8-10)14-7-9-2-1-3-11(16)6-9/h4-5,8-9,11,16H,1-3,6-7H2,(H,14,15). The molecule has 16 heavy (non-hydrogen) atoms. The van der Waals surface area contributed by atoms with Crippen molar-refractivity contribution < 1.29 is 9.50 Å². The van der Waals surface area contributed by atoms with Crippen molar-refractivity contribution >= 4 is 5.82 Å². The van der Waals surface area contributed by atoms with E-state index in [2.05, 4.69) is 10.3 Å². The van der Waals surface area contributed by atoms with Crippen LogP contribution in [-0.2, 0) is 0 Å². The second-order valence-electron chi connectivity index (χ2n) is 4.43. The van der Waals surface area contributed by atoms with Gasteiger partial charge in [-0.05, 0) is 37.3 Å². The number of pyridine rings is 1. The quantitative estimate of drug-likeness (QED) is 0.827. The first-order chi connectivity index (χ1) is 7.74. The van der Waals surface area contributed by atoms with Crippen LogP contribution < -0.4 is 5.32 Å². The Labute approximate surface area is 94.7 Å². The van der Waals surface area contributed by atoms with Crippen molar-refractivity contribution in [1.82, 2.24) is 4.98 Å². The third kappa shape index (κ3) is 3.17. The van der Waals surface area contributed by atoms with Gasteiger partial charge in [-0.2, -0.15) is 0 Å². The van der Waals surface area contributed by atoms with Crippen molar-refractivity contribution in [3.05, 3.63) is 24.1 Å². The molecule has 2 rings (SSSR count). The smallest absolute Gasteiger partial charge is 0.141 e. The van der Waals surface area contributed by atoms with E-state index in [9.17, 15) is 9.50 Å². The van der Waals surface area contributed by atoms with Crippen molar-refractivity contribution in [3.8, 4) is 0 Å². The predicted molar refractivity (Wildman–Crippen MR) is 60.6 cm³/mol. The van der Waals surface area contributed by atoms with E-state index in [-0.39, 0.29) is 11.9 Å². The maximum absolute atomic E-state index is 12.6. The van der Waals surface area contributed by atoms with Crippen LogP contribution >= 0.6 is 0 Å². The van der Waals surface area contributed by atoms with E-state index in [0.29, 0.717) is 11.7 Å². The summed E-state index contributed by atoms with van der Waals surface area (Å²) < 4.78 is 12.6. The summed E-state index contributed by atoms with van der Waals surface area (Å²) in [5.74, 6) is 0.871. The zero-order valence-corrected chi connectivity index (χ0v) is 9.19. The summed E-state index contributed by atoms with van der Waals surface area (Å²) in [6.45, 7) is 0.801. The van der Waals surface area contributed by atoms with E-state index in [1.54, 1.807) is 6.07 Å². The van der Waals surface area contributed by atoms with Gasteiger partial charge in [0, 0.05) is 6.54 Å². The lowest BCUT2D eigenvalue weighted by Gasteiger charge is -2.26. The molecule has 1 aromatic rings. The molecule has 1 heterocycles. The Morgan fingerprint density at radius 3 is 3.00 bits per heavy atom. The highest BCUT2D eigenvalue weighted by Crippen LogP contribution is 2.24. The highest BCUT2D eigenvalue weighted by Gasteiger charge is 2.19. The average Bonchev–Trinajstić information content (AvgIpc) is 2.28. The Morgan fingerprint density at radius 1 is 1.44 bits per heavy atom. The summed E-state index contributed by atoms with van der Waals surface area (Å²) in [4.78, 5) is 3.93. The molecule has 1 aliphatic carbocycles. The second kappa shape index (κ2) is 5.25. The number of hydrogen-bond donors (Lipinski definition) is 2. The van der Waals surface area contributed by atoms with Crippen molar-refractivity contribution in [1.29, 1.82) is 0 Å². The molecule has 0 spiro atoms. The fourth-order valence-corrected chi connectivity index (χ4v) is 2.18. The number of aliphatic hydroxyl groups is 1. The van der Waals surface area contributed by atoms with E-state index in [1.165, 1.54) is 12.3 Å². The number of nitrogens with one attached hydrogen (secondary N) is 1. The highest BCUT2D eigenvalue weighted by molar-refractivity contribution is 5.33. The molecule has 88 valence electrons. The van der Waals surface area contributed by atoms with Crippen LogP contribution in [0.2, 0.25) is 0 Å². The summed E-state index contributed by atoms with van der Waals surface area (Å²) in [6.07, 6.45) is 5.06. The zero-order chi connectivity index (χ0) is 11.4. The van der Waals surface area contributed by atoms with E-state index >= 15 is 0 Å². The Balaban J connectivity index is 1.80. The SMILES string of the molecule is OC1CCCC(CNc2ccc(F)cn2)C1. The van der Waals surface area contributed by atoms with Gasteiger partial charge in [0.2, 0.25) is 0 Å². The van der Waals surface area contributed by atoms with Crippen molar-refractivity contribution in [2.45, 2.75) is 31.8 Å². The molecule has 2 N–H and O–H groups in total. The van der Waals surface area contributed by atoms with Gasteiger partial charge in [-0.1, -0.05) is 6.42 Å². The van der Waals surface area contributed by atoms with Gasteiger partial charge in [0.25, 0.3) is 0 Å². The molecule has 2 unspecified atom stereocenters. The molecular weight excluding hydrogens is 207 g/mol. The molecule has 0 radical (unpaired) electrons. The van der Waals surface area contributed by atoms with Crippen LogP contribution in [0.3, 0.4) is 0 Å². The first-order valence-corrected chi connectivity index (χ1v) is 5.77. The summed E-state index contributed by atoms with van der Waals surface area (Å²) in [5, 5.41) is 12.7. The Morgan fingerprint density at radius 2 is 2.31 bits per heavy atom. The fourth-order valence-electron chi connectivity index (χ4n) is 2.18. The minimum atomic E-state index is -0.321. The largest absolute Gasteiger partial charge is 0.393 e. The maximum Gasteiger partial charge on any atom is 0.141 e. The number of aliphatic hydroxyl groups excluding tert-OH is 1. The molecule has 1 aliphatic rings. The molecule has 3 nitrogen and oxygen atoms in total. The monoisotopic (exact) mass is 224 g/mol. The molecule has 2 atom stereocenters. The minimum Gasteiger partial charge on any atom is -0.393 e.